The number of ether oxygens (including phenoxy) is 1. The van der Waals surface area contributed by atoms with Gasteiger partial charge in [-0.1, -0.05) is 6.92 Å². The molecular weight excluding hydrogens is 226 g/mol. The summed E-state index contributed by atoms with van der Waals surface area (Å²) in [5, 5.41) is 9.48. The Morgan fingerprint density at radius 1 is 1.28 bits per heavy atom. The first-order chi connectivity index (χ1) is 8.74. The Balaban J connectivity index is 1.79. The van der Waals surface area contributed by atoms with Gasteiger partial charge in [0.25, 0.3) is 0 Å². The van der Waals surface area contributed by atoms with Crippen molar-refractivity contribution in [2.75, 3.05) is 19.7 Å². The molecule has 0 aromatic heterocycles. The minimum absolute atomic E-state index is 0.291. The van der Waals surface area contributed by atoms with Crippen molar-refractivity contribution in [3.05, 3.63) is 23.8 Å². The molecule has 0 spiro atoms. The fraction of sp³-hybridized carbons (Fsp3) is 0.600. The highest BCUT2D eigenvalue weighted by Crippen LogP contribution is 2.39. The molecule has 2 atom stereocenters. The summed E-state index contributed by atoms with van der Waals surface area (Å²) in [7, 11) is 0. The van der Waals surface area contributed by atoms with Crippen LogP contribution in [0.25, 0.3) is 0 Å². The van der Waals surface area contributed by atoms with Crippen LogP contribution in [0.3, 0.4) is 0 Å². The number of phenols is 1. The summed E-state index contributed by atoms with van der Waals surface area (Å²) in [6.45, 7) is 5.40. The smallest absolute Gasteiger partial charge is 0.127 e. The molecule has 98 valence electrons. The fourth-order valence-electron chi connectivity index (χ4n) is 3.08. The van der Waals surface area contributed by atoms with E-state index in [0.29, 0.717) is 11.8 Å². The topological polar surface area (TPSA) is 32.7 Å². The van der Waals surface area contributed by atoms with Crippen molar-refractivity contribution in [1.82, 2.24) is 4.90 Å². The molecular formula is C15H21NO2. The van der Waals surface area contributed by atoms with E-state index in [4.69, 9.17) is 4.74 Å². The third-order valence-corrected chi connectivity index (χ3v) is 4.24. The summed E-state index contributed by atoms with van der Waals surface area (Å²) < 4.78 is 5.71. The third-order valence-electron chi connectivity index (χ3n) is 4.24. The second kappa shape index (κ2) is 4.81. The number of nitrogens with zero attached hydrogens (tertiary/aromatic N) is 1. The van der Waals surface area contributed by atoms with Gasteiger partial charge in [0.2, 0.25) is 0 Å². The minimum atomic E-state index is 0.291. The molecule has 3 heteroatoms. The van der Waals surface area contributed by atoms with Gasteiger partial charge in [-0.3, -0.25) is 4.90 Å². The number of aromatic hydroxyl groups is 1. The predicted molar refractivity (Wildman–Crippen MR) is 70.9 cm³/mol. The van der Waals surface area contributed by atoms with Gasteiger partial charge in [0.1, 0.15) is 18.1 Å². The average molecular weight is 247 g/mol. The Morgan fingerprint density at radius 3 is 3.06 bits per heavy atom. The van der Waals surface area contributed by atoms with Gasteiger partial charge in [-0.05, 0) is 50.4 Å². The number of hydrogen-bond acceptors (Lipinski definition) is 3. The molecule has 18 heavy (non-hydrogen) atoms. The molecule has 3 rings (SSSR count). The van der Waals surface area contributed by atoms with Gasteiger partial charge in [-0.25, -0.2) is 0 Å². The largest absolute Gasteiger partial charge is 0.508 e. The lowest BCUT2D eigenvalue weighted by Gasteiger charge is -2.26. The molecule has 2 aliphatic rings. The first-order valence-electron chi connectivity index (χ1n) is 6.94. The van der Waals surface area contributed by atoms with Crippen LogP contribution in [0.15, 0.2) is 18.2 Å². The Labute approximate surface area is 108 Å². The first-order valence-corrected chi connectivity index (χ1v) is 6.94. The number of hydrogen-bond donors (Lipinski definition) is 1. The quantitative estimate of drug-likeness (QED) is 0.828. The van der Waals surface area contributed by atoms with Gasteiger partial charge >= 0.3 is 0 Å². The van der Waals surface area contributed by atoms with Gasteiger partial charge in [-0.2, -0.15) is 0 Å². The van der Waals surface area contributed by atoms with Crippen molar-refractivity contribution in [3.63, 3.8) is 0 Å². The van der Waals surface area contributed by atoms with E-state index in [9.17, 15) is 5.11 Å². The molecule has 0 radical (unpaired) electrons. The molecule has 2 aliphatic heterocycles. The molecule has 1 saturated heterocycles. The lowest BCUT2D eigenvalue weighted by molar-refractivity contribution is 0.167. The Morgan fingerprint density at radius 2 is 2.17 bits per heavy atom. The zero-order valence-electron chi connectivity index (χ0n) is 10.9. The first kappa shape index (κ1) is 11.8. The van der Waals surface area contributed by atoms with Gasteiger partial charge < -0.3 is 9.84 Å². The van der Waals surface area contributed by atoms with E-state index in [2.05, 4.69) is 11.8 Å². The van der Waals surface area contributed by atoms with E-state index in [-0.39, 0.29) is 0 Å². The van der Waals surface area contributed by atoms with Crippen LogP contribution in [-0.4, -0.2) is 29.7 Å². The van der Waals surface area contributed by atoms with Crippen molar-refractivity contribution in [2.24, 2.45) is 5.92 Å². The molecule has 1 fully saturated rings. The van der Waals surface area contributed by atoms with Crippen molar-refractivity contribution >= 4 is 0 Å². The van der Waals surface area contributed by atoms with Crippen LogP contribution in [0.4, 0.5) is 0 Å². The van der Waals surface area contributed by atoms with Crippen LogP contribution < -0.4 is 4.74 Å². The van der Waals surface area contributed by atoms with Crippen molar-refractivity contribution < 1.29 is 9.84 Å². The molecule has 0 saturated carbocycles. The molecule has 1 aromatic carbocycles. The predicted octanol–water partition coefficient (Wildman–Crippen LogP) is 2.95. The van der Waals surface area contributed by atoms with E-state index in [1.54, 1.807) is 12.1 Å². The molecule has 2 unspecified atom stereocenters. The standard InChI is InChI=1S/C15H21NO2/c1-11-3-2-7-16(8-6-11)14-10-18-15-9-12(17)4-5-13(14)15/h4-5,9,11,14,17H,2-3,6-8,10H2,1H3. The third kappa shape index (κ3) is 2.19. The maximum absolute atomic E-state index is 9.48. The number of benzene rings is 1. The zero-order chi connectivity index (χ0) is 12.5. The van der Waals surface area contributed by atoms with Crippen LogP contribution >= 0.6 is 0 Å². The lowest BCUT2D eigenvalue weighted by atomic mass is 10.0. The van der Waals surface area contributed by atoms with Crippen molar-refractivity contribution in [2.45, 2.75) is 32.2 Å². The maximum Gasteiger partial charge on any atom is 0.127 e. The zero-order valence-corrected chi connectivity index (χ0v) is 10.9. The summed E-state index contributed by atoms with van der Waals surface area (Å²) in [6.07, 6.45) is 3.90. The fourth-order valence-corrected chi connectivity index (χ4v) is 3.08. The summed E-state index contributed by atoms with van der Waals surface area (Å²) in [6, 6.07) is 5.89. The highest BCUT2D eigenvalue weighted by Gasteiger charge is 2.30. The maximum atomic E-state index is 9.48. The van der Waals surface area contributed by atoms with E-state index < -0.39 is 0 Å². The second-order valence-electron chi connectivity index (χ2n) is 5.62. The SMILES string of the molecule is CC1CCCN(C2COc3cc(O)ccc32)CC1. The van der Waals surface area contributed by atoms with Gasteiger partial charge in [0.05, 0.1) is 6.04 Å². The second-order valence-corrected chi connectivity index (χ2v) is 5.62. The Kier molecular flexibility index (Phi) is 3.16. The highest BCUT2D eigenvalue weighted by molar-refractivity contribution is 5.44. The van der Waals surface area contributed by atoms with Crippen LogP contribution in [0.2, 0.25) is 0 Å². The number of fused-ring (bicyclic) bond motifs is 1. The van der Waals surface area contributed by atoms with E-state index in [1.165, 1.54) is 31.4 Å². The van der Waals surface area contributed by atoms with Crippen molar-refractivity contribution in [1.29, 1.82) is 0 Å². The molecule has 0 amide bonds. The summed E-state index contributed by atoms with van der Waals surface area (Å²) in [5.74, 6) is 1.99. The molecule has 0 aliphatic carbocycles. The highest BCUT2D eigenvalue weighted by atomic mass is 16.5. The number of likely N-dealkylation sites (tertiary alicyclic amines) is 1. The van der Waals surface area contributed by atoms with E-state index in [0.717, 1.165) is 24.8 Å². The number of phenolic OH excluding ortho intramolecular Hbond substituents is 1. The average Bonchev–Trinajstić information content (AvgIpc) is 2.64. The normalized spacial score (nSPS) is 28.5. The van der Waals surface area contributed by atoms with E-state index >= 15 is 0 Å². The van der Waals surface area contributed by atoms with Crippen LogP contribution in [0.5, 0.6) is 11.5 Å². The molecule has 1 N–H and O–H groups in total. The van der Waals surface area contributed by atoms with Crippen LogP contribution in [0, 0.1) is 5.92 Å². The van der Waals surface area contributed by atoms with Gasteiger partial charge in [-0.15, -0.1) is 0 Å². The van der Waals surface area contributed by atoms with Crippen LogP contribution in [0.1, 0.15) is 37.8 Å². The molecule has 1 aromatic rings. The monoisotopic (exact) mass is 247 g/mol. The minimum Gasteiger partial charge on any atom is -0.508 e. The van der Waals surface area contributed by atoms with Crippen molar-refractivity contribution in [3.8, 4) is 11.5 Å². The lowest BCUT2D eigenvalue weighted by Crippen LogP contribution is -2.30. The van der Waals surface area contributed by atoms with Gasteiger partial charge in [0.15, 0.2) is 0 Å². The molecule has 0 bridgehead atoms. The van der Waals surface area contributed by atoms with Crippen LogP contribution in [-0.2, 0) is 0 Å². The summed E-state index contributed by atoms with van der Waals surface area (Å²) in [5.41, 5.74) is 1.24. The molecule has 2 heterocycles. The summed E-state index contributed by atoms with van der Waals surface area (Å²) in [4.78, 5) is 2.55. The Bertz CT molecular complexity index is 433. The number of rotatable bonds is 1. The Hall–Kier alpha value is -1.22. The van der Waals surface area contributed by atoms with E-state index in [1.807, 2.05) is 6.07 Å². The van der Waals surface area contributed by atoms with Gasteiger partial charge in [0, 0.05) is 11.6 Å². The summed E-state index contributed by atoms with van der Waals surface area (Å²) >= 11 is 0. The molecule has 3 nitrogen and oxygen atoms in total.